The molecule has 106 valence electrons. The maximum Gasteiger partial charge on any atom is 0.253 e. The highest BCUT2D eigenvalue weighted by Crippen LogP contribution is 2.33. The van der Waals surface area contributed by atoms with Gasteiger partial charge < -0.3 is 10.2 Å². The van der Waals surface area contributed by atoms with Gasteiger partial charge in [-0.3, -0.25) is 9.59 Å². The molecule has 1 spiro atoms. The number of piperazine rings is 1. The van der Waals surface area contributed by atoms with Crippen LogP contribution < -0.4 is 10.2 Å². The van der Waals surface area contributed by atoms with Gasteiger partial charge in [0, 0.05) is 10.7 Å². The summed E-state index contributed by atoms with van der Waals surface area (Å²) in [5.41, 5.74) is 0.0481. The van der Waals surface area contributed by atoms with Gasteiger partial charge in [-0.2, -0.15) is 0 Å². The number of nitrogens with zero attached hydrogens (tertiary/aromatic N) is 1. The molecule has 5 heteroatoms. The number of hydrogen-bond donors (Lipinski definition) is 1. The van der Waals surface area contributed by atoms with Crippen molar-refractivity contribution >= 4 is 29.1 Å². The van der Waals surface area contributed by atoms with E-state index in [2.05, 4.69) is 5.32 Å². The van der Waals surface area contributed by atoms with Crippen LogP contribution in [-0.2, 0) is 9.59 Å². The van der Waals surface area contributed by atoms with E-state index in [1.165, 1.54) is 0 Å². The van der Waals surface area contributed by atoms with Gasteiger partial charge in [-0.25, -0.2) is 0 Å². The quantitative estimate of drug-likeness (QED) is 0.864. The van der Waals surface area contributed by atoms with Gasteiger partial charge in [0.05, 0.1) is 0 Å². The lowest BCUT2D eigenvalue weighted by Crippen LogP contribution is -2.67. The highest BCUT2D eigenvalue weighted by Gasteiger charge is 2.47. The molecule has 0 aromatic heterocycles. The Morgan fingerprint density at radius 2 is 1.70 bits per heavy atom. The van der Waals surface area contributed by atoms with Crippen LogP contribution in [0.4, 0.5) is 5.69 Å². The third-order valence-electron chi connectivity index (χ3n) is 4.18. The van der Waals surface area contributed by atoms with E-state index in [1.807, 2.05) is 0 Å². The summed E-state index contributed by atoms with van der Waals surface area (Å²) in [7, 11) is 0. The molecule has 1 aliphatic carbocycles. The predicted octanol–water partition coefficient (Wildman–Crippen LogP) is 2.51. The van der Waals surface area contributed by atoms with Crippen LogP contribution in [0, 0.1) is 0 Å². The van der Waals surface area contributed by atoms with Crippen LogP contribution >= 0.6 is 11.6 Å². The number of rotatable bonds is 1. The third-order valence-corrected chi connectivity index (χ3v) is 4.43. The Balaban J connectivity index is 1.92. The SMILES string of the molecule is O=C1CN(c2ccc(Cl)cc2)C(=O)C2(CCCCC2)N1. The van der Waals surface area contributed by atoms with Gasteiger partial charge >= 0.3 is 0 Å². The van der Waals surface area contributed by atoms with E-state index in [4.69, 9.17) is 11.6 Å². The normalized spacial score (nSPS) is 21.9. The van der Waals surface area contributed by atoms with Gasteiger partial charge in [0.1, 0.15) is 12.1 Å². The van der Waals surface area contributed by atoms with E-state index in [0.717, 1.165) is 37.8 Å². The summed E-state index contributed by atoms with van der Waals surface area (Å²) >= 11 is 5.88. The van der Waals surface area contributed by atoms with E-state index in [1.54, 1.807) is 29.2 Å². The van der Waals surface area contributed by atoms with Gasteiger partial charge in [-0.05, 0) is 37.1 Å². The average Bonchev–Trinajstić information content (AvgIpc) is 2.45. The highest BCUT2D eigenvalue weighted by atomic mass is 35.5. The number of hydrogen-bond acceptors (Lipinski definition) is 2. The highest BCUT2D eigenvalue weighted by molar-refractivity contribution is 6.30. The molecule has 2 aliphatic rings. The number of carbonyl (C=O) groups is 2. The molecular weight excluding hydrogens is 276 g/mol. The summed E-state index contributed by atoms with van der Waals surface area (Å²) in [6, 6.07) is 7.05. The molecule has 2 amide bonds. The van der Waals surface area contributed by atoms with Crippen molar-refractivity contribution in [2.24, 2.45) is 0 Å². The lowest BCUT2D eigenvalue weighted by atomic mass is 9.79. The van der Waals surface area contributed by atoms with E-state index in [0.29, 0.717) is 5.02 Å². The molecule has 20 heavy (non-hydrogen) atoms. The van der Waals surface area contributed by atoms with Crippen molar-refractivity contribution in [3.05, 3.63) is 29.3 Å². The average molecular weight is 293 g/mol. The molecule has 1 aromatic carbocycles. The summed E-state index contributed by atoms with van der Waals surface area (Å²) in [5, 5.41) is 3.56. The smallest absolute Gasteiger partial charge is 0.253 e. The molecule has 1 aromatic rings. The molecule has 2 fully saturated rings. The second-order valence-corrected chi connectivity index (χ2v) is 6.00. The van der Waals surface area contributed by atoms with Crippen LogP contribution in [0.1, 0.15) is 32.1 Å². The number of anilines is 1. The Morgan fingerprint density at radius 3 is 2.35 bits per heavy atom. The molecule has 0 radical (unpaired) electrons. The summed E-state index contributed by atoms with van der Waals surface area (Å²) in [6.45, 7) is 0.0855. The number of amides is 2. The first-order chi connectivity index (χ1) is 9.61. The van der Waals surface area contributed by atoms with Crippen molar-refractivity contribution in [3.8, 4) is 0 Å². The lowest BCUT2D eigenvalue weighted by Gasteiger charge is -2.44. The predicted molar refractivity (Wildman–Crippen MR) is 77.8 cm³/mol. The summed E-state index contributed by atoms with van der Waals surface area (Å²) in [6.07, 6.45) is 4.58. The minimum atomic E-state index is -0.687. The Bertz CT molecular complexity index is 535. The van der Waals surface area contributed by atoms with E-state index in [-0.39, 0.29) is 18.4 Å². The molecule has 1 aliphatic heterocycles. The largest absolute Gasteiger partial charge is 0.340 e. The van der Waals surface area contributed by atoms with E-state index >= 15 is 0 Å². The fourth-order valence-electron chi connectivity index (χ4n) is 3.16. The Morgan fingerprint density at radius 1 is 1.05 bits per heavy atom. The van der Waals surface area contributed by atoms with Crippen molar-refractivity contribution in [2.45, 2.75) is 37.6 Å². The molecule has 3 rings (SSSR count). The van der Waals surface area contributed by atoms with Crippen LogP contribution in [0.5, 0.6) is 0 Å². The van der Waals surface area contributed by atoms with Gasteiger partial charge in [0.25, 0.3) is 5.91 Å². The Labute approximate surface area is 123 Å². The van der Waals surface area contributed by atoms with E-state index < -0.39 is 5.54 Å². The van der Waals surface area contributed by atoms with Crippen LogP contribution in [0.15, 0.2) is 24.3 Å². The molecule has 0 unspecified atom stereocenters. The lowest BCUT2D eigenvalue weighted by molar-refractivity contribution is -0.137. The second-order valence-electron chi connectivity index (χ2n) is 5.56. The monoisotopic (exact) mass is 292 g/mol. The molecular formula is C15H17ClN2O2. The first kappa shape index (κ1) is 13.4. The van der Waals surface area contributed by atoms with Gasteiger partial charge in [0.15, 0.2) is 0 Å². The van der Waals surface area contributed by atoms with Gasteiger partial charge in [-0.15, -0.1) is 0 Å². The number of nitrogens with one attached hydrogen (secondary N) is 1. The first-order valence-electron chi connectivity index (χ1n) is 6.99. The van der Waals surface area contributed by atoms with Crippen molar-refractivity contribution in [1.29, 1.82) is 0 Å². The fourth-order valence-corrected chi connectivity index (χ4v) is 3.28. The number of carbonyl (C=O) groups excluding carboxylic acids is 2. The zero-order valence-corrected chi connectivity index (χ0v) is 11.9. The molecule has 0 atom stereocenters. The minimum absolute atomic E-state index is 0.0131. The molecule has 1 saturated carbocycles. The first-order valence-corrected chi connectivity index (χ1v) is 7.37. The van der Waals surface area contributed by atoms with Crippen molar-refractivity contribution < 1.29 is 9.59 Å². The second kappa shape index (κ2) is 5.09. The molecule has 0 bridgehead atoms. The topological polar surface area (TPSA) is 49.4 Å². The Kier molecular flexibility index (Phi) is 3.42. The van der Waals surface area contributed by atoms with E-state index in [9.17, 15) is 9.59 Å². The molecule has 1 N–H and O–H groups in total. The van der Waals surface area contributed by atoms with Crippen molar-refractivity contribution in [2.75, 3.05) is 11.4 Å². The van der Waals surface area contributed by atoms with Crippen molar-refractivity contribution in [1.82, 2.24) is 5.32 Å². The summed E-state index contributed by atoms with van der Waals surface area (Å²) in [4.78, 5) is 26.4. The van der Waals surface area contributed by atoms with Gasteiger partial charge in [-0.1, -0.05) is 30.9 Å². The molecule has 1 heterocycles. The zero-order chi connectivity index (χ0) is 14.2. The summed E-state index contributed by atoms with van der Waals surface area (Å²) < 4.78 is 0. The minimum Gasteiger partial charge on any atom is -0.340 e. The maximum absolute atomic E-state index is 12.8. The van der Waals surface area contributed by atoms with Crippen molar-refractivity contribution in [3.63, 3.8) is 0 Å². The number of halogens is 1. The standard InChI is InChI=1S/C15H17ClN2O2/c16-11-4-6-12(7-5-11)18-10-13(19)17-15(14(18)20)8-2-1-3-9-15/h4-7H,1-3,8-10H2,(H,17,19). The Hall–Kier alpha value is -1.55. The molecule has 1 saturated heterocycles. The fraction of sp³-hybridized carbons (Fsp3) is 0.467. The zero-order valence-electron chi connectivity index (χ0n) is 11.2. The number of benzene rings is 1. The maximum atomic E-state index is 12.8. The van der Waals surface area contributed by atoms with Crippen LogP contribution in [-0.4, -0.2) is 23.9 Å². The molecule has 4 nitrogen and oxygen atoms in total. The summed E-state index contributed by atoms with van der Waals surface area (Å²) in [5.74, 6) is -0.0689. The van der Waals surface area contributed by atoms with Crippen LogP contribution in [0.2, 0.25) is 5.02 Å². The van der Waals surface area contributed by atoms with Crippen LogP contribution in [0.3, 0.4) is 0 Å². The van der Waals surface area contributed by atoms with Crippen LogP contribution in [0.25, 0.3) is 0 Å². The third kappa shape index (κ3) is 2.29. The van der Waals surface area contributed by atoms with Gasteiger partial charge in [0.2, 0.25) is 5.91 Å².